The third-order valence-electron chi connectivity index (χ3n) is 9.59. The van der Waals surface area contributed by atoms with Crippen molar-refractivity contribution < 1.29 is 10.2 Å². The van der Waals surface area contributed by atoms with Crippen LogP contribution < -0.4 is 11.1 Å². The molecule has 0 aliphatic carbocycles. The summed E-state index contributed by atoms with van der Waals surface area (Å²) in [5.41, 5.74) is 4.57. The third kappa shape index (κ3) is 6.52. The third-order valence-corrected chi connectivity index (χ3v) is 9.59. The number of phenolic OH excluding ortho intramolecular Hbond substituents is 2. The minimum Gasteiger partial charge on any atom is -0.507 e. The number of aliphatic imine (C=N–C) groups is 2. The van der Waals surface area contributed by atoms with Crippen molar-refractivity contribution in [2.45, 2.75) is 13.8 Å². The fourth-order valence-corrected chi connectivity index (χ4v) is 6.50. The van der Waals surface area contributed by atoms with Gasteiger partial charge in [0.25, 0.3) is 11.1 Å². The van der Waals surface area contributed by atoms with E-state index in [-0.39, 0.29) is 22.6 Å². The van der Waals surface area contributed by atoms with Crippen LogP contribution in [0.2, 0.25) is 0 Å². The molecule has 0 radical (unpaired) electrons. The Morgan fingerprint density at radius 3 is 1.22 bits per heavy atom. The Bertz CT molecular complexity index is 2630. The lowest BCUT2D eigenvalue weighted by molar-refractivity contribution is 0.475. The van der Waals surface area contributed by atoms with Gasteiger partial charge in [0.1, 0.15) is 11.5 Å². The molecule has 0 aliphatic rings. The second-order valence-electron chi connectivity index (χ2n) is 12.8. The lowest BCUT2D eigenvalue weighted by Gasteiger charge is -2.07. The predicted molar refractivity (Wildman–Crippen MR) is 217 cm³/mol. The molecule has 0 amide bonds. The Kier molecular flexibility index (Phi) is 9.65. The predicted octanol–water partition coefficient (Wildman–Crippen LogP) is 8.19. The van der Waals surface area contributed by atoms with Crippen LogP contribution in [0.5, 0.6) is 11.5 Å². The number of aromatic hydroxyl groups is 2. The van der Waals surface area contributed by atoms with Gasteiger partial charge in [0.05, 0.1) is 22.8 Å². The first kappa shape index (κ1) is 35.2. The molecule has 54 heavy (non-hydrogen) atoms. The SMILES string of the molecule is Cc1c(N=Cc2c(O)ccc3ccccc23)c(=O)n(-c2ccccc2)n1C.Cc1c(N=Cc2c(O)ccc3ccccc23)c(=O)n(-c2ccccc2)n1C. The number of rotatable bonds is 6. The number of fused-ring (bicyclic) bond motifs is 2. The Balaban J connectivity index is 0.000000167. The second-order valence-corrected chi connectivity index (χ2v) is 12.8. The molecule has 0 bridgehead atoms. The maximum Gasteiger partial charge on any atom is 0.297 e. The molecule has 0 unspecified atom stereocenters. The van der Waals surface area contributed by atoms with Crippen molar-refractivity contribution in [1.82, 2.24) is 18.7 Å². The van der Waals surface area contributed by atoms with Gasteiger partial charge in [-0.05, 0) is 71.8 Å². The molecule has 10 nitrogen and oxygen atoms in total. The molecular formula is C44H38N6O4. The van der Waals surface area contributed by atoms with Crippen LogP contribution in [0.4, 0.5) is 11.4 Å². The van der Waals surface area contributed by atoms with Crippen LogP contribution in [0.1, 0.15) is 22.5 Å². The van der Waals surface area contributed by atoms with Gasteiger partial charge in [-0.3, -0.25) is 19.0 Å². The summed E-state index contributed by atoms with van der Waals surface area (Å²) in [6.07, 6.45) is 3.13. The first-order chi connectivity index (χ1) is 26.2. The van der Waals surface area contributed by atoms with Gasteiger partial charge in [-0.15, -0.1) is 0 Å². The zero-order valence-electron chi connectivity index (χ0n) is 30.3. The number of para-hydroxylation sites is 2. The number of hydrogen-bond acceptors (Lipinski definition) is 6. The quantitative estimate of drug-likeness (QED) is 0.169. The molecule has 2 N–H and O–H groups in total. The van der Waals surface area contributed by atoms with Crippen molar-refractivity contribution in [3.63, 3.8) is 0 Å². The average molecular weight is 715 g/mol. The summed E-state index contributed by atoms with van der Waals surface area (Å²) < 4.78 is 6.75. The molecule has 8 rings (SSSR count). The molecule has 0 saturated heterocycles. The molecule has 0 spiro atoms. The Morgan fingerprint density at radius 1 is 0.481 bits per heavy atom. The number of phenols is 2. The standard InChI is InChI=1S/2C22H19N3O2/c2*1-15-21(22(27)25(24(15)2)17-9-4-3-5-10-17)23-14-19-18-11-7-6-8-16(18)12-13-20(19)26/h2*3-14,26H,1-2H3. The zero-order chi connectivity index (χ0) is 37.9. The molecular weight excluding hydrogens is 677 g/mol. The molecule has 0 aliphatic heterocycles. The molecule has 0 atom stereocenters. The summed E-state index contributed by atoms with van der Waals surface area (Å²) in [5.74, 6) is 0.267. The molecule has 0 fully saturated rings. The molecule has 2 aromatic heterocycles. The van der Waals surface area contributed by atoms with Crippen LogP contribution in [0, 0.1) is 13.8 Å². The molecule has 0 saturated carbocycles. The maximum atomic E-state index is 12.9. The van der Waals surface area contributed by atoms with Crippen LogP contribution in [0.25, 0.3) is 32.9 Å². The summed E-state index contributed by atoms with van der Waals surface area (Å²) in [7, 11) is 3.66. The van der Waals surface area contributed by atoms with Crippen molar-refractivity contribution in [3.8, 4) is 22.9 Å². The van der Waals surface area contributed by atoms with Gasteiger partial charge >= 0.3 is 0 Å². The van der Waals surface area contributed by atoms with E-state index in [0.717, 1.165) is 44.3 Å². The van der Waals surface area contributed by atoms with Gasteiger partial charge in [0, 0.05) is 37.7 Å². The highest BCUT2D eigenvalue weighted by molar-refractivity contribution is 6.04. The van der Waals surface area contributed by atoms with Gasteiger partial charge in [0.15, 0.2) is 11.4 Å². The Labute approximate surface area is 311 Å². The van der Waals surface area contributed by atoms with E-state index in [1.807, 2.05) is 149 Å². The fourth-order valence-electron chi connectivity index (χ4n) is 6.50. The normalized spacial score (nSPS) is 11.5. The molecule has 268 valence electrons. The van der Waals surface area contributed by atoms with Crippen molar-refractivity contribution in [1.29, 1.82) is 0 Å². The van der Waals surface area contributed by atoms with E-state index < -0.39 is 0 Å². The lowest BCUT2D eigenvalue weighted by Crippen LogP contribution is -2.19. The number of nitrogens with zero attached hydrogens (tertiary/aromatic N) is 6. The molecule has 6 aromatic carbocycles. The molecule has 10 heteroatoms. The van der Waals surface area contributed by atoms with Crippen LogP contribution >= 0.6 is 0 Å². The van der Waals surface area contributed by atoms with E-state index in [2.05, 4.69) is 9.98 Å². The number of benzene rings is 6. The van der Waals surface area contributed by atoms with Gasteiger partial charge in [0.2, 0.25) is 0 Å². The van der Waals surface area contributed by atoms with Gasteiger partial charge in [-0.1, -0.05) is 97.1 Å². The summed E-state index contributed by atoms with van der Waals surface area (Å²) >= 11 is 0. The largest absolute Gasteiger partial charge is 0.507 e. The first-order valence-electron chi connectivity index (χ1n) is 17.3. The average Bonchev–Trinajstić information content (AvgIpc) is 3.54. The minimum absolute atomic E-state index is 0.134. The van der Waals surface area contributed by atoms with Crippen LogP contribution in [0.3, 0.4) is 0 Å². The Hall–Kier alpha value is -7.20. The summed E-state index contributed by atoms with van der Waals surface area (Å²) in [6.45, 7) is 3.72. The molecule has 2 heterocycles. The maximum absolute atomic E-state index is 12.9. The van der Waals surface area contributed by atoms with Gasteiger partial charge in [-0.2, -0.15) is 0 Å². The van der Waals surface area contributed by atoms with Gasteiger partial charge < -0.3 is 10.2 Å². The van der Waals surface area contributed by atoms with Gasteiger partial charge in [-0.25, -0.2) is 19.3 Å². The monoisotopic (exact) mass is 714 g/mol. The van der Waals surface area contributed by atoms with Crippen molar-refractivity contribution in [3.05, 3.63) is 177 Å². The Morgan fingerprint density at radius 2 is 0.833 bits per heavy atom. The number of aromatic nitrogens is 4. The molecule has 8 aromatic rings. The fraction of sp³-hybridized carbons (Fsp3) is 0.0909. The van der Waals surface area contributed by atoms with E-state index in [9.17, 15) is 19.8 Å². The minimum atomic E-state index is -0.197. The topological polar surface area (TPSA) is 119 Å². The van der Waals surface area contributed by atoms with E-state index in [0.29, 0.717) is 22.5 Å². The lowest BCUT2D eigenvalue weighted by atomic mass is 10.0. The highest BCUT2D eigenvalue weighted by Gasteiger charge is 2.17. The second kappa shape index (κ2) is 14.8. The van der Waals surface area contributed by atoms with Crippen molar-refractivity contribution in [2.75, 3.05) is 0 Å². The van der Waals surface area contributed by atoms with Crippen molar-refractivity contribution in [2.24, 2.45) is 24.1 Å². The highest BCUT2D eigenvalue weighted by Crippen LogP contribution is 2.28. The highest BCUT2D eigenvalue weighted by atomic mass is 16.3. The van der Waals surface area contributed by atoms with Crippen LogP contribution in [0.15, 0.2) is 153 Å². The first-order valence-corrected chi connectivity index (χ1v) is 17.3. The van der Waals surface area contributed by atoms with E-state index >= 15 is 0 Å². The van der Waals surface area contributed by atoms with E-state index in [1.165, 1.54) is 0 Å². The van der Waals surface area contributed by atoms with E-state index in [1.54, 1.807) is 43.3 Å². The number of hydrogen-bond donors (Lipinski definition) is 2. The summed E-state index contributed by atoms with van der Waals surface area (Å²) in [6, 6.07) is 41.4. The van der Waals surface area contributed by atoms with Crippen molar-refractivity contribution >= 4 is 45.3 Å². The smallest absolute Gasteiger partial charge is 0.297 e. The summed E-state index contributed by atoms with van der Waals surface area (Å²) in [5, 5.41) is 24.3. The van der Waals surface area contributed by atoms with Crippen LogP contribution in [-0.2, 0) is 14.1 Å². The van der Waals surface area contributed by atoms with E-state index in [4.69, 9.17) is 0 Å². The zero-order valence-corrected chi connectivity index (χ0v) is 30.3. The summed E-state index contributed by atoms with van der Waals surface area (Å²) in [4.78, 5) is 34.8. The van der Waals surface area contributed by atoms with Crippen LogP contribution in [-0.4, -0.2) is 41.4 Å².